The summed E-state index contributed by atoms with van der Waals surface area (Å²) in [6.07, 6.45) is 0.218. The van der Waals surface area contributed by atoms with Crippen LogP contribution in [0.5, 0.6) is 11.5 Å². The fourth-order valence-electron chi connectivity index (χ4n) is 3.23. The Morgan fingerprint density at radius 2 is 1.65 bits per heavy atom. The van der Waals surface area contributed by atoms with Crippen LogP contribution in [-0.2, 0) is 4.79 Å². The fourth-order valence-corrected chi connectivity index (χ4v) is 3.23. The Labute approximate surface area is 155 Å². The maximum Gasteiger partial charge on any atom is 0.263 e. The predicted octanol–water partition coefficient (Wildman–Crippen LogP) is 3.20. The number of benzene rings is 2. The van der Waals surface area contributed by atoms with Crippen molar-refractivity contribution in [3.63, 3.8) is 0 Å². The molecule has 0 N–H and O–H groups in total. The third kappa shape index (κ3) is 4.10. The van der Waals surface area contributed by atoms with Crippen molar-refractivity contribution in [3.8, 4) is 11.5 Å². The van der Waals surface area contributed by atoms with Crippen molar-refractivity contribution in [2.75, 3.05) is 38.2 Å². The Kier molecular flexibility index (Phi) is 6.00. The number of ether oxygens (including phenoxy) is 2. The summed E-state index contributed by atoms with van der Waals surface area (Å²) in [6, 6.07) is 17.5. The third-order valence-electron chi connectivity index (χ3n) is 4.68. The van der Waals surface area contributed by atoms with Gasteiger partial charge in [-0.25, -0.2) is 0 Å². The number of rotatable bonds is 6. The van der Waals surface area contributed by atoms with Gasteiger partial charge in [-0.1, -0.05) is 37.3 Å². The Morgan fingerprint density at radius 1 is 1.00 bits per heavy atom. The lowest BCUT2D eigenvalue weighted by Crippen LogP contribution is -2.52. The van der Waals surface area contributed by atoms with Gasteiger partial charge < -0.3 is 19.3 Å². The SMILES string of the molecule is CCC(Oc1ccccc1)C(=O)N1CCN(c2ccccc2OC)CC1. The van der Waals surface area contributed by atoms with Crippen LogP contribution < -0.4 is 14.4 Å². The van der Waals surface area contributed by atoms with Crippen molar-refractivity contribution in [3.05, 3.63) is 54.6 Å². The zero-order valence-corrected chi connectivity index (χ0v) is 15.4. The van der Waals surface area contributed by atoms with Crippen LogP contribution in [0, 0.1) is 0 Å². The molecule has 0 saturated carbocycles. The zero-order valence-electron chi connectivity index (χ0n) is 15.4. The highest BCUT2D eigenvalue weighted by Crippen LogP contribution is 2.28. The molecular weight excluding hydrogens is 328 g/mol. The van der Waals surface area contributed by atoms with E-state index in [0.29, 0.717) is 19.5 Å². The van der Waals surface area contributed by atoms with Gasteiger partial charge >= 0.3 is 0 Å². The molecule has 2 aromatic rings. The first-order valence-electron chi connectivity index (χ1n) is 9.11. The van der Waals surface area contributed by atoms with E-state index in [1.165, 1.54) is 0 Å². The summed E-state index contributed by atoms with van der Waals surface area (Å²) >= 11 is 0. The van der Waals surface area contributed by atoms with E-state index >= 15 is 0 Å². The maximum absolute atomic E-state index is 12.9. The van der Waals surface area contributed by atoms with Gasteiger partial charge in [0.1, 0.15) is 11.5 Å². The summed E-state index contributed by atoms with van der Waals surface area (Å²) in [6.45, 7) is 4.93. The van der Waals surface area contributed by atoms with Crippen LogP contribution in [0.1, 0.15) is 13.3 Å². The number of hydrogen-bond donors (Lipinski definition) is 0. The van der Waals surface area contributed by atoms with Crippen LogP contribution in [0.3, 0.4) is 0 Å². The highest BCUT2D eigenvalue weighted by Gasteiger charge is 2.28. The van der Waals surface area contributed by atoms with E-state index in [0.717, 1.165) is 30.3 Å². The van der Waals surface area contributed by atoms with Crippen LogP contribution >= 0.6 is 0 Å². The van der Waals surface area contributed by atoms with E-state index in [9.17, 15) is 4.79 Å². The highest BCUT2D eigenvalue weighted by molar-refractivity contribution is 5.81. The molecule has 1 fully saturated rings. The third-order valence-corrected chi connectivity index (χ3v) is 4.68. The fraction of sp³-hybridized carbons (Fsp3) is 0.381. The minimum absolute atomic E-state index is 0.0658. The largest absolute Gasteiger partial charge is 0.495 e. The topological polar surface area (TPSA) is 42.0 Å². The van der Waals surface area contributed by atoms with Crippen molar-refractivity contribution in [2.45, 2.75) is 19.4 Å². The molecule has 1 heterocycles. The molecule has 2 aromatic carbocycles. The summed E-state index contributed by atoms with van der Waals surface area (Å²) in [4.78, 5) is 17.0. The van der Waals surface area contributed by atoms with E-state index in [-0.39, 0.29) is 5.91 Å². The first-order chi connectivity index (χ1) is 12.7. The average Bonchev–Trinajstić information content (AvgIpc) is 2.72. The number of methoxy groups -OCH3 is 1. The molecule has 0 aliphatic carbocycles. The van der Waals surface area contributed by atoms with Crippen molar-refractivity contribution < 1.29 is 14.3 Å². The monoisotopic (exact) mass is 354 g/mol. The number of carbonyl (C=O) groups excluding carboxylic acids is 1. The lowest BCUT2D eigenvalue weighted by atomic mass is 10.2. The van der Waals surface area contributed by atoms with Crippen molar-refractivity contribution in [2.24, 2.45) is 0 Å². The van der Waals surface area contributed by atoms with Gasteiger partial charge in [0.2, 0.25) is 0 Å². The first kappa shape index (κ1) is 18.1. The molecule has 138 valence electrons. The summed E-state index contributed by atoms with van der Waals surface area (Å²) in [7, 11) is 1.69. The summed E-state index contributed by atoms with van der Waals surface area (Å²) < 4.78 is 11.4. The number of para-hydroxylation sites is 3. The Bertz CT molecular complexity index is 712. The summed E-state index contributed by atoms with van der Waals surface area (Å²) in [5, 5.41) is 0. The molecule has 1 saturated heterocycles. The molecular formula is C21H26N2O3. The standard InChI is InChI=1S/C21H26N2O3/c1-3-19(26-17-9-5-4-6-10-17)21(24)23-15-13-22(14-16-23)18-11-7-8-12-20(18)25-2/h4-12,19H,3,13-16H2,1-2H3. The number of hydrogen-bond acceptors (Lipinski definition) is 4. The predicted molar refractivity (Wildman–Crippen MR) is 103 cm³/mol. The van der Waals surface area contributed by atoms with Gasteiger partial charge in [-0.3, -0.25) is 4.79 Å². The Morgan fingerprint density at radius 3 is 2.31 bits per heavy atom. The Hall–Kier alpha value is -2.69. The van der Waals surface area contributed by atoms with E-state index in [1.54, 1.807) is 7.11 Å². The summed E-state index contributed by atoms with van der Waals surface area (Å²) in [5.74, 6) is 1.67. The van der Waals surface area contributed by atoms with Crippen LogP contribution in [0.15, 0.2) is 54.6 Å². The normalized spacial score (nSPS) is 15.5. The molecule has 0 aromatic heterocycles. The molecule has 5 nitrogen and oxygen atoms in total. The molecule has 1 amide bonds. The molecule has 0 spiro atoms. The maximum atomic E-state index is 12.9. The second kappa shape index (κ2) is 8.61. The molecule has 1 aliphatic heterocycles. The summed E-state index contributed by atoms with van der Waals surface area (Å²) in [5.41, 5.74) is 1.08. The lowest BCUT2D eigenvalue weighted by Gasteiger charge is -2.37. The van der Waals surface area contributed by atoms with Crippen LogP contribution in [0.2, 0.25) is 0 Å². The minimum atomic E-state index is -0.435. The average molecular weight is 354 g/mol. The van der Waals surface area contributed by atoms with E-state index < -0.39 is 6.10 Å². The molecule has 26 heavy (non-hydrogen) atoms. The molecule has 0 bridgehead atoms. The van der Waals surface area contributed by atoms with Crippen LogP contribution in [0.4, 0.5) is 5.69 Å². The van der Waals surface area contributed by atoms with Gasteiger partial charge in [-0.15, -0.1) is 0 Å². The highest BCUT2D eigenvalue weighted by atomic mass is 16.5. The van der Waals surface area contributed by atoms with Gasteiger partial charge in [-0.05, 0) is 30.7 Å². The zero-order chi connectivity index (χ0) is 18.4. The minimum Gasteiger partial charge on any atom is -0.495 e. The quantitative estimate of drug-likeness (QED) is 0.799. The van der Waals surface area contributed by atoms with E-state index in [1.807, 2.05) is 60.4 Å². The van der Waals surface area contributed by atoms with Crippen molar-refractivity contribution >= 4 is 11.6 Å². The second-order valence-electron chi connectivity index (χ2n) is 6.31. The number of piperazine rings is 1. The number of carbonyl (C=O) groups is 1. The molecule has 1 atom stereocenters. The molecule has 1 aliphatic rings. The smallest absolute Gasteiger partial charge is 0.263 e. The van der Waals surface area contributed by atoms with Gasteiger partial charge in [0, 0.05) is 26.2 Å². The molecule has 1 unspecified atom stereocenters. The van der Waals surface area contributed by atoms with E-state index in [2.05, 4.69) is 11.0 Å². The van der Waals surface area contributed by atoms with Gasteiger partial charge in [0.05, 0.1) is 12.8 Å². The van der Waals surface area contributed by atoms with Crippen molar-refractivity contribution in [1.82, 2.24) is 4.90 Å². The molecule has 5 heteroatoms. The molecule has 3 rings (SSSR count). The van der Waals surface area contributed by atoms with Gasteiger partial charge in [0.25, 0.3) is 5.91 Å². The van der Waals surface area contributed by atoms with Gasteiger partial charge in [-0.2, -0.15) is 0 Å². The lowest BCUT2D eigenvalue weighted by molar-refractivity contribution is -0.139. The number of anilines is 1. The van der Waals surface area contributed by atoms with Crippen molar-refractivity contribution in [1.29, 1.82) is 0 Å². The first-order valence-corrected chi connectivity index (χ1v) is 9.11. The van der Waals surface area contributed by atoms with Crippen LogP contribution in [-0.4, -0.2) is 50.2 Å². The Balaban J connectivity index is 1.60. The van der Waals surface area contributed by atoms with E-state index in [4.69, 9.17) is 9.47 Å². The molecule has 0 radical (unpaired) electrons. The number of nitrogens with zero attached hydrogens (tertiary/aromatic N) is 2. The second-order valence-corrected chi connectivity index (χ2v) is 6.31. The van der Waals surface area contributed by atoms with Gasteiger partial charge in [0.15, 0.2) is 6.10 Å². The number of amides is 1. The van der Waals surface area contributed by atoms with Crippen LogP contribution in [0.25, 0.3) is 0 Å².